The van der Waals surface area contributed by atoms with Gasteiger partial charge in [0.2, 0.25) is 0 Å². The first-order valence-electron chi connectivity index (χ1n) is 14.7. The van der Waals surface area contributed by atoms with Gasteiger partial charge < -0.3 is 24.8 Å². The summed E-state index contributed by atoms with van der Waals surface area (Å²) in [4.78, 5) is 25.4. The molecule has 2 saturated carbocycles. The lowest BCUT2D eigenvalue weighted by Crippen LogP contribution is -2.64. The predicted octanol–water partition coefficient (Wildman–Crippen LogP) is 4.33. The van der Waals surface area contributed by atoms with Gasteiger partial charge in [-0.05, 0) is 80.6 Å². The second-order valence-corrected chi connectivity index (χ2v) is 15.0. The Morgan fingerprint density at radius 3 is 2.44 bits per heavy atom. The van der Waals surface area contributed by atoms with E-state index in [1.807, 2.05) is 13.8 Å². The highest BCUT2D eigenvalue weighted by atomic mass is 16.6. The fourth-order valence-electron chi connectivity index (χ4n) is 10.0. The lowest BCUT2D eigenvalue weighted by atomic mass is 9.38. The number of carbonyl (C=O) groups excluding carboxylic acids is 2. The molecule has 3 N–H and O–H groups in total. The number of carbonyl (C=O) groups is 2. The van der Waals surface area contributed by atoms with E-state index in [9.17, 15) is 24.9 Å². The predicted molar refractivity (Wildman–Crippen MR) is 146 cm³/mol. The van der Waals surface area contributed by atoms with Crippen LogP contribution in [0.2, 0.25) is 0 Å². The number of aliphatic hydroxyl groups is 3. The lowest BCUT2D eigenvalue weighted by Gasteiger charge is -2.66. The largest absolute Gasteiger partial charge is 0.462 e. The van der Waals surface area contributed by atoms with Crippen LogP contribution in [0, 0.1) is 45.3 Å². The summed E-state index contributed by atoms with van der Waals surface area (Å²) < 4.78 is 12.0. The van der Waals surface area contributed by atoms with Crippen LogP contribution in [-0.2, 0) is 19.1 Å². The van der Waals surface area contributed by atoms with Crippen molar-refractivity contribution in [1.82, 2.24) is 0 Å². The molecular weight excluding hydrogens is 496 g/mol. The minimum absolute atomic E-state index is 0.0567. The zero-order valence-electron chi connectivity index (χ0n) is 24.9. The molecule has 3 fully saturated rings. The van der Waals surface area contributed by atoms with Crippen molar-refractivity contribution in [2.45, 2.75) is 118 Å². The van der Waals surface area contributed by atoms with Gasteiger partial charge in [0.25, 0.3) is 0 Å². The summed E-state index contributed by atoms with van der Waals surface area (Å²) in [6, 6.07) is 0. The van der Waals surface area contributed by atoms with Crippen LogP contribution < -0.4 is 0 Å². The molecule has 0 aromatic heterocycles. The van der Waals surface area contributed by atoms with Crippen molar-refractivity contribution in [3.63, 3.8) is 0 Å². The Bertz CT molecular complexity index is 1100. The highest BCUT2D eigenvalue weighted by molar-refractivity contribution is 5.95. The summed E-state index contributed by atoms with van der Waals surface area (Å²) in [6.07, 6.45) is 6.85. The Hall–Kier alpha value is -1.54. The number of rotatable bonds is 4. The topological polar surface area (TPSA) is 113 Å². The van der Waals surface area contributed by atoms with E-state index in [-0.39, 0.29) is 52.4 Å². The third kappa shape index (κ3) is 4.04. The summed E-state index contributed by atoms with van der Waals surface area (Å²) in [5.74, 6) is -0.0112. The first-order valence-corrected chi connectivity index (χ1v) is 14.7. The maximum Gasteiger partial charge on any atom is 0.302 e. The van der Waals surface area contributed by atoms with Gasteiger partial charge in [0.15, 0.2) is 12.1 Å². The normalized spacial score (nSPS) is 47.6. The molecular formula is C32H48O7. The maximum absolute atomic E-state index is 13.0. The number of hydrogen-bond acceptors (Lipinski definition) is 7. The van der Waals surface area contributed by atoms with Crippen molar-refractivity contribution < 1.29 is 34.4 Å². The van der Waals surface area contributed by atoms with Gasteiger partial charge in [0.05, 0.1) is 11.7 Å². The Morgan fingerprint density at radius 1 is 1.15 bits per heavy atom. The van der Waals surface area contributed by atoms with E-state index in [4.69, 9.17) is 9.47 Å². The van der Waals surface area contributed by atoms with E-state index < -0.39 is 34.9 Å². The number of esters is 1. The fourth-order valence-corrected chi connectivity index (χ4v) is 10.0. The zero-order chi connectivity index (χ0) is 28.9. The van der Waals surface area contributed by atoms with Gasteiger partial charge in [-0.2, -0.15) is 0 Å². The molecule has 4 aliphatic carbocycles. The lowest BCUT2D eigenvalue weighted by molar-refractivity contribution is -0.190. The van der Waals surface area contributed by atoms with E-state index in [1.54, 1.807) is 19.9 Å². The minimum atomic E-state index is -1.33. The minimum Gasteiger partial charge on any atom is -0.462 e. The Kier molecular flexibility index (Phi) is 6.67. The summed E-state index contributed by atoms with van der Waals surface area (Å²) in [5.41, 5.74) is -1.46. The maximum atomic E-state index is 13.0. The molecule has 0 amide bonds. The molecule has 7 nitrogen and oxygen atoms in total. The van der Waals surface area contributed by atoms with Crippen molar-refractivity contribution >= 4 is 11.8 Å². The van der Waals surface area contributed by atoms with Gasteiger partial charge in [0, 0.05) is 23.7 Å². The highest BCUT2D eigenvalue weighted by Crippen LogP contribution is 2.72. The van der Waals surface area contributed by atoms with E-state index in [2.05, 4.69) is 32.9 Å². The fraction of sp³-hybridized carbons (Fsp3) is 0.812. The van der Waals surface area contributed by atoms with Crippen LogP contribution in [0.3, 0.4) is 0 Å². The summed E-state index contributed by atoms with van der Waals surface area (Å²) in [7, 11) is 0. The Balaban J connectivity index is 1.52. The molecule has 1 saturated heterocycles. The van der Waals surface area contributed by atoms with Crippen LogP contribution in [0.15, 0.2) is 23.8 Å². The van der Waals surface area contributed by atoms with Crippen molar-refractivity contribution in [3.8, 4) is 0 Å². The average molecular weight is 545 g/mol. The standard InChI is InChI=1S/C32H48O7/c1-17(33)38-25-16-23-28(2,3)24(34)12-14-31(23,7)22-11-13-30(6)19(9-10-21(30)32(22,25)8)18-15-20(39-27(18)36)26(35)29(4,5)37/h10,12,14,18-20,22-23,25-27,35-37H,9,11,13,15-16H2,1-8H3. The molecule has 218 valence electrons. The van der Waals surface area contributed by atoms with Gasteiger partial charge in [-0.1, -0.05) is 52.3 Å². The Labute approximate surface area is 233 Å². The molecule has 7 heteroatoms. The molecule has 0 aromatic carbocycles. The van der Waals surface area contributed by atoms with Crippen LogP contribution >= 0.6 is 0 Å². The average Bonchev–Trinajstić information content (AvgIpc) is 3.36. The molecule has 0 spiro atoms. The van der Waals surface area contributed by atoms with E-state index in [0.29, 0.717) is 12.8 Å². The molecule has 1 aliphatic heterocycles. The molecule has 1 heterocycles. The highest BCUT2D eigenvalue weighted by Gasteiger charge is 2.69. The van der Waals surface area contributed by atoms with Crippen molar-refractivity contribution in [2.24, 2.45) is 45.3 Å². The van der Waals surface area contributed by atoms with Gasteiger partial charge in [0.1, 0.15) is 12.2 Å². The van der Waals surface area contributed by atoms with Gasteiger partial charge in [-0.15, -0.1) is 0 Å². The van der Waals surface area contributed by atoms with E-state index >= 15 is 0 Å². The number of fused-ring (bicyclic) bond motifs is 5. The Morgan fingerprint density at radius 2 is 1.82 bits per heavy atom. The number of ether oxygens (including phenoxy) is 2. The van der Waals surface area contributed by atoms with Crippen molar-refractivity contribution in [3.05, 3.63) is 23.8 Å². The molecule has 0 bridgehead atoms. The quantitative estimate of drug-likeness (QED) is 0.357. The molecule has 0 aromatic rings. The van der Waals surface area contributed by atoms with Crippen LogP contribution in [0.4, 0.5) is 0 Å². The number of aliphatic hydroxyl groups excluding tert-OH is 2. The third-order valence-corrected chi connectivity index (χ3v) is 12.1. The zero-order valence-corrected chi connectivity index (χ0v) is 24.9. The van der Waals surface area contributed by atoms with E-state index in [0.717, 1.165) is 19.3 Å². The van der Waals surface area contributed by atoms with Crippen LogP contribution in [0.25, 0.3) is 0 Å². The molecule has 39 heavy (non-hydrogen) atoms. The van der Waals surface area contributed by atoms with Gasteiger partial charge >= 0.3 is 5.97 Å². The van der Waals surface area contributed by atoms with Crippen LogP contribution in [-0.4, -0.2) is 57.3 Å². The van der Waals surface area contributed by atoms with Gasteiger partial charge in [-0.25, -0.2) is 0 Å². The second kappa shape index (κ2) is 8.98. The first-order chi connectivity index (χ1) is 17.9. The first kappa shape index (κ1) is 29.0. The second-order valence-electron chi connectivity index (χ2n) is 15.0. The summed E-state index contributed by atoms with van der Waals surface area (Å²) in [6.45, 7) is 15.5. The molecule has 5 aliphatic rings. The number of hydrogen-bond donors (Lipinski definition) is 3. The van der Waals surface area contributed by atoms with Crippen LogP contribution in [0.5, 0.6) is 0 Å². The summed E-state index contributed by atoms with van der Waals surface area (Å²) in [5, 5.41) is 32.1. The van der Waals surface area contributed by atoms with E-state index in [1.165, 1.54) is 12.5 Å². The number of ketones is 1. The molecule has 5 rings (SSSR count). The summed E-state index contributed by atoms with van der Waals surface area (Å²) >= 11 is 0. The van der Waals surface area contributed by atoms with Crippen molar-refractivity contribution in [2.75, 3.05) is 0 Å². The number of allylic oxidation sites excluding steroid dienone is 3. The third-order valence-electron chi connectivity index (χ3n) is 12.1. The van der Waals surface area contributed by atoms with Crippen LogP contribution in [0.1, 0.15) is 87.5 Å². The monoisotopic (exact) mass is 544 g/mol. The van der Waals surface area contributed by atoms with Gasteiger partial charge in [-0.3, -0.25) is 9.59 Å². The molecule has 11 atom stereocenters. The van der Waals surface area contributed by atoms with Crippen molar-refractivity contribution in [1.29, 1.82) is 0 Å². The smallest absolute Gasteiger partial charge is 0.302 e. The molecule has 11 unspecified atom stereocenters. The SMILES string of the molecule is CC(=O)OC1CC2C(C)(C)C(=O)C=CC2(C)C2CCC3(C)C(=CCC3C3CC(C(O)C(C)(C)O)OC3O)C12C. The molecule has 0 radical (unpaired) electrons.